The lowest BCUT2D eigenvalue weighted by Crippen LogP contribution is -2.42. The van der Waals surface area contributed by atoms with Crippen LogP contribution in [0.3, 0.4) is 0 Å². The molecule has 1 heterocycles. The maximum absolute atomic E-state index is 12.8. The molecule has 0 atom stereocenters. The molecule has 0 aliphatic carbocycles. The number of carbonyl (C=O) groups excluding carboxylic acids is 1. The van der Waals surface area contributed by atoms with E-state index in [-0.39, 0.29) is 12.5 Å². The fourth-order valence-corrected chi connectivity index (χ4v) is 2.91. The van der Waals surface area contributed by atoms with Crippen LogP contribution >= 0.6 is 0 Å². The highest BCUT2D eigenvalue weighted by atomic mass is 16.4. The molecule has 5 nitrogen and oxygen atoms in total. The van der Waals surface area contributed by atoms with E-state index in [1.165, 1.54) is 0 Å². The Morgan fingerprint density at radius 1 is 1.12 bits per heavy atom. The Labute approximate surface area is 148 Å². The standard InChI is InChI=1S/C20H25NO4/c1-5-20(6-2,19(23)24)12-21-18(22)16-13(3)14(4)25-17(16)15-10-8-7-9-11-15/h7-11H,5-6,12H2,1-4H3,(H,21,22)(H,23,24). The number of aliphatic carboxylic acids is 1. The Kier molecular flexibility index (Phi) is 5.67. The van der Waals surface area contributed by atoms with Crippen molar-refractivity contribution in [2.24, 2.45) is 5.41 Å². The molecule has 0 spiro atoms. The van der Waals surface area contributed by atoms with Crippen LogP contribution < -0.4 is 5.32 Å². The Morgan fingerprint density at radius 3 is 2.24 bits per heavy atom. The highest BCUT2D eigenvalue weighted by Gasteiger charge is 2.35. The van der Waals surface area contributed by atoms with E-state index in [4.69, 9.17) is 4.42 Å². The van der Waals surface area contributed by atoms with Crippen molar-refractivity contribution in [3.05, 3.63) is 47.2 Å². The molecule has 2 aromatic rings. The summed E-state index contributed by atoms with van der Waals surface area (Å²) in [6.07, 6.45) is 0.905. The molecule has 0 saturated carbocycles. The predicted octanol–water partition coefficient (Wildman–Crippen LogP) is 4.18. The van der Waals surface area contributed by atoms with Crippen molar-refractivity contribution in [2.75, 3.05) is 6.54 Å². The summed E-state index contributed by atoms with van der Waals surface area (Å²) in [5.41, 5.74) is 1.11. The van der Waals surface area contributed by atoms with Gasteiger partial charge in [0.1, 0.15) is 11.5 Å². The predicted molar refractivity (Wildman–Crippen MR) is 96.6 cm³/mol. The van der Waals surface area contributed by atoms with E-state index in [9.17, 15) is 14.7 Å². The monoisotopic (exact) mass is 343 g/mol. The molecule has 0 unspecified atom stereocenters. The molecular formula is C20H25NO4. The third kappa shape index (κ3) is 3.60. The average Bonchev–Trinajstić information content (AvgIpc) is 2.92. The van der Waals surface area contributed by atoms with Crippen LogP contribution in [0.2, 0.25) is 0 Å². The summed E-state index contributed by atoms with van der Waals surface area (Å²) in [7, 11) is 0. The van der Waals surface area contributed by atoms with E-state index in [0.29, 0.717) is 29.9 Å². The summed E-state index contributed by atoms with van der Waals surface area (Å²) in [6.45, 7) is 7.40. The van der Waals surface area contributed by atoms with Crippen molar-refractivity contribution in [3.8, 4) is 11.3 Å². The molecular weight excluding hydrogens is 318 g/mol. The van der Waals surface area contributed by atoms with Gasteiger partial charge >= 0.3 is 5.97 Å². The van der Waals surface area contributed by atoms with Gasteiger partial charge in [0.2, 0.25) is 0 Å². The molecule has 2 N–H and O–H groups in total. The van der Waals surface area contributed by atoms with E-state index in [0.717, 1.165) is 11.1 Å². The summed E-state index contributed by atoms with van der Waals surface area (Å²) < 4.78 is 5.81. The number of rotatable bonds is 7. The number of nitrogens with one attached hydrogen (secondary N) is 1. The van der Waals surface area contributed by atoms with E-state index >= 15 is 0 Å². The van der Waals surface area contributed by atoms with Crippen molar-refractivity contribution in [3.63, 3.8) is 0 Å². The molecule has 0 radical (unpaired) electrons. The van der Waals surface area contributed by atoms with Gasteiger partial charge in [-0.05, 0) is 26.7 Å². The van der Waals surface area contributed by atoms with Crippen molar-refractivity contribution in [2.45, 2.75) is 40.5 Å². The second-order valence-electron chi connectivity index (χ2n) is 6.33. The zero-order chi connectivity index (χ0) is 18.6. The minimum Gasteiger partial charge on any atom is -0.481 e. The van der Waals surface area contributed by atoms with Crippen LogP contribution in [0.1, 0.15) is 48.4 Å². The fraction of sp³-hybridized carbons (Fsp3) is 0.400. The van der Waals surface area contributed by atoms with E-state index in [1.807, 2.05) is 58.0 Å². The minimum absolute atomic E-state index is 0.0893. The molecule has 2 rings (SSSR count). The van der Waals surface area contributed by atoms with Gasteiger partial charge in [-0.2, -0.15) is 0 Å². The number of amides is 1. The molecule has 5 heteroatoms. The van der Waals surface area contributed by atoms with Crippen molar-refractivity contribution >= 4 is 11.9 Å². The quantitative estimate of drug-likeness (QED) is 0.790. The van der Waals surface area contributed by atoms with Crippen molar-refractivity contribution in [1.29, 1.82) is 0 Å². The van der Waals surface area contributed by atoms with Crippen LogP contribution in [0.25, 0.3) is 11.3 Å². The van der Waals surface area contributed by atoms with Gasteiger partial charge in [0, 0.05) is 17.7 Å². The first-order chi connectivity index (χ1) is 11.9. The molecule has 1 aromatic heterocycles. The SMILES string of the molecule is CCC(CC)(CNC(=O)c1c(-c2ccccc2)oc(C)c1C)C(=O)O. The van der Waals surface area contributed by atoms with Gasteiger partial charge in [-0.1, -0.05) is 44.2 Å². The number of benzene rings is 1. The highest BCUT2D eigenvalue weighted by Crippen LogP contribution is 2.31. The third-order valence-corrected chi connectivity index (χ3v) is 5.04. The number of furan rings is 1. The first-order valence-electron chi connectivity index (χ1n) is 8.53. The molecule has 25 heavy (non-hydrogen) atoms. The lowest BCUT2D eigenvalue weighted by Gasteiger charge is -2.26. The molecule has 0 saturated heterocycles. The normalized spacial score (nSPS) is 11.4. The van der Waals surface area contributed by atoms with E-state index in [2.05, 4.69) is 5.32 Å². The third-order valence-electron chi connectivity index (χ3n) is 5.04. The Hall–Kier alpha value is -2.56. The summed E-state index contributed by atoms with van der Waals surface area (Å²) in [5.74, 6) is 0.00316. The summed E-state index contributed by atoms with van der Waals surface area (Å²) in [5, 5.41) is 12.3. The number of carboxylic acids is 1. The lowest BCUT2D eigenvalue weighted by molar-refractivity contribution is -0.149. The highest BCUT2D eigenvalue weighted by molar-refractivity contribution is 6.01. The molecule has 1 amide bonds. The van der Waals surface area contributed by atoms with Gasteiger partial charge in [0.05, 0.1) is 11.0 Å². The van der Waals surface area contributed by atoms with Gasteiger partial charge in [-0.15, -0.1) is 0 Å². The molecule has 134 valence electrons. The van der Waals surface area contributed by atoms with Gasteiger partial charge < -0.3 is 14.8 Å². The van der Waals surface area contributed by atoms with Crippen LogP contribution in [0.15, 0.2) is 34.7 Å². The van der Waals surface area contributed by atoms with Gasteiger partial charge in [-0.3, -0.25) is 9.59 Å². The number of hydrogen-bond acceptors (Lipinski definition) is 3. The van der Waals surface area contributed by atoms with Crippen molar-refractivity contribution < 1.29 is 19.1 Å². The van der Waals surface area contributed by atoms with Crippen LogP contribution in [0.5, 0.6) is 0 Å². The van der Waals surface area contributed by atoms with Crippen molar-refractivity contribution in [1.82, 2.24) is 5.32 Å². The zero-order valence-corrected chi connectivity index (χ0v) is 15.2. The number of hydrogen-bond donors (Lipinski definition) is 2. The zero-order valence-electron chi connectivity index (χ0n) is 15.2. The molecule has 1 aromatic carbocycles. The molecule has 0 aliphatic heterocycles. The second-order valence-corrected chi connectivity index (χ2v) is 6.33. The first kappa shape index (κ1) is 18.8. The largest absolute Gasteiger partial charge is 0.481 e. The van der Waals surface area contributed by atoms with E-state index < -0.39 is 11.4 Å². The topological polar surface area (TPSA) is 79.5 Å². The molecule has 0 fully saturated rings. The summed E-state index contributed by atoms with van der Waals surface area (Å²) >= 11 is 0. The number of aryl methyl sites for hydroxylation is 1. The van der Waals surface area contributed by atoms with Crippen LogP contribution in [0.4, 0.5) is 0 Å². The fourth-order valence-electron chi connectivity index (χ4n) is 2.91. The maximum atomic E-state index is 12.8. The smallest absolute Gasteiger partial charge is 0.311 e. The maximum Gasteiger partial charge on any atom is 0.311 e. The summed E-state index contributed by atoms with van der Waals surface area (Å²) in [4.78, 5) is 24.4. The molecule has 0 aliphatic rings. The van der Waals surface area contributed by atoms with Crippen LogP contribution in [-0.2, 0) is 4.79 Å². The Balaban J connectivity index is 2.33. The second kappa shape index (κ2) is 7.55. The van der Waals surface area contributed by atoms with E-state index in [1.54, 1.807) is 0 Å². The Morgan fingerprint density at radius 2 is 1.72 bits per heavy atom. The lowest BCUT2D eigenvalue weighted by atomic mass is 9.82. The van der Waals surface area contributed by atoms with Gasteiger partial charge in [-0.25, -0.2) is 0 Å². The number of carboxylic acid groups (broad SMARTS) is 1. The first-order valence-corrected chi connectivity index (χ1v) is 8.53. The average molecular weight is 343 g/mol. The Bertz CT molecular complexity index is 758. The van der Waals surface area contributed by atoms with Crippen LogP contribution in [-0.4, -0.2) is 23.5 Å². The van der Waals surface area contributed by atoms with Gasteiger partial charge in [0.25, 0.3) is 5.91 Å². The number of carbonyl (C=O) groups is 2. The minimum atomic E-state index is -0.949. The van der Waals surface area contributed by atoms with Crippen LogP contribution in [0, 0.1) is 19.3 Å². The summed E-state index contributed by atoms with van der Waals surface area (Å²) in [6, 6.07) is 9.43. The van der Waals surface area contributed by atoms with Gasteiger partial charge in [0.15, 0.2) is 0 Å². The molecule has 0 bridgehead atoms.